The molecule has 2 heterocycles. The highest BCUT2D eigenvalue weighted by Crippen LogP contribution is 2.56. The van der Waals surface area contributed by atoms with Crippen LogP contribution in [-0.4, -0.2) is 55.6 Å². The van der Waals surface area contributed by atoms with E-state index in [-0.39, 0.29) is 17.0 Å². The van der Waals surface area contributed by atoms with Crippen LogP contribution < -0.4 is 0 Å². The van der Waals surface area contributed by atoms with Gasteiger partial charge in [-0.3, -0.25) is 9.59 Å². The molecule has 0 aromatic carbocycles. The molecule has 1 unspecified atom stereocenters. The van der Waals surface area contributed by atoms with Gasteiger partial charge in [-0.25, -0.2) is 4.79 Å². The fraction of sp³-hybridized carbons (Fsp3) is 0.500. The van der Waals surface area contributed by atoms with Crippen LogP contribution in [0.2, 0.25) is 0 Å². The molecule has 3 atom stereocenters. The summed E-state index contributed by atoms with van der Waals surface area (Å²) in [5, 5.41) is 8.92. The number of aliphatic carboxylic acids is 1. The molecule has 0 aliphatic carbocycles. The molecule has 0 aromatic rings. The first-order valence-electron chi connectivity index (χ1n) is 5.62. The number of nitrogens with zero attached hydrogens (tertiary/aromatic N) is 1. The van der Waals surface area contributed by atoms with Crippen LogP contribution in [0.4, 0.5) is 0 Å². The van der Waals surface area contributed by atoms with Crippen LogP contribution in [0.1, 0.15) is 13.8 Å². The molecule has 7 heteroatoms. The number of halogens is 1. The van der Waals surface area contributed by atoms with E-state index in [1.807, 2.05) is 0 Å². The van der Waals surface area contributed by atoms with Gasteiger partial charge in [-0.1, -0.05) is 5.87 Å². The smallest absolute Gasteiger partial charge is 0.327 e. The number of alkyl halides is 1. The summed E-state index contributed by atoms with van der Waals surface area (Å²) in [5.74, 6) is 2.03. The van der Waals surface area contributed by atoms with Crippen molar-refractivity contribution in [3.8, 4) is 0 Å². The van der Waals surface area contributed by atoms with E-state index in [9.17, 15) is 19.5 Å². The molecule has 0 aromatic heterocycles. The number of allylic oxidation sites excluding steroid dienone is 1. The third-order valence-electron chi connectivity index (χ3n) is 3.56. The Kier molecular flexibility index (Phi) is 3.35. The summed E-state index contributed by atoms with van der Waals surface area (Å²) in [6.07, 6.45) is 1.22. The molecule has 2 fully saturated rings. The lowest BCUT2D eigenvalue weighted by molar-refractivity contribution is -0.152. The molecule has 104 valence electrons. The fourth-order valence-corrected chi connectivity index (χ4v) is 4.64. The van der Waals surface area contributed by atoms with Gasteiger partial charge in [0.2, 0.25) is 0 Å². The molecular weight excluding hydrogens is 290 g/mol. The normalized spacial score (nSPS) is 34.1. The summed E-state index contributed by atoms with van der Waals surface area (Å²) in [7, 11) is -0.580. The zero-order valence-corrected chi connectivity index (χ0v) is 12.1. The maximum Gasteiger partial charge on any atom is 0.327 e. The molecule has 0 spiro atoms. The molecule has 2 rings (SSSR count). The summed E-state index contributed by atoms with van der Waals surface area (Å²) in [6.45, 7) is 3.57. The van der Waals surface area contributed by atoms with Crippen molar-refractivity contribution in [3.63, 3.8) is 0 Å². The van der Waals surface area contributed by atoms with Gasteiger partial charge < -0.3 is 10.0 Å². The van der Waals surface area contributed by atoms with Gasteiger partial charge in [0.1, 0.15) is 11.4 Å². The van der Waals surface area contributed by atoms with Crippen molar-refractivity contribution in [3.05, 3.63) is 11.6 Å². The average molecular weight is 304 g/mol. The van der Waals surface area contributed by atoms with Crippen molar-refractivity contribution in [2.24, 2.45) is 0 Å². The largest absolute Gasteiger partial charge is 0.480 e. The van der Waals surface area contributed by atoms with Crippen LogP contribution in [0.15, 0.2) is 11.6 Å². The van der Waals surface area contributed by atoms with Gasteiger partial charge >= 0.3 is 5.97 Å². The number of carbonyl (C=O) groups is 3. The molecule has 0 saturated carbocycles. The lowest BCUT2D eigenvalue weighted by Gasteiger charge is -2.39. The number of ketones is 1. The average Bonchev–Trinajstić information content (AvgIpc) is 2.52. The van der Waals surface area contributed by atoms with Crippen LogP contribution in [0.5, 0.6) is 0 Å². The first-order valence-corrected chi connectivity index (χ1v) is 7.61. The predicted molar refractivity (Wildman–Crippen MR) is 74.7 cm³/mol. The molecule has 2 aliphatic rings. The molecule has 19 heavy (non-hydrogen) atoms. The highest BCUT2D eigenvalue weighted by molar-refractivity contribution is 8.16. The van der Waals surface area contributed by atoms with E-state index in [1.54, 1.807) is 13.8 Å². The number of carbonyl (C=O) groups excluding carboxylic acids is 2. The third-order valence-corrected chi connectivity index (χ3v) is 6.42. The molecule has 0 bridgehead atoms. The summed E-state index contributed by atoms with van der Waals surface area (Å²) in [6, 6.07) is -0.894. The zero-order chi connectivity index (χ0) is 14.5. The van der Waals surface area contributed by atoms with Crippen LogP contribution in [-0.2, 0) is 14.4 Å². The number of fused-ring (bicyclic) bond motifs is 1. The van der Waals surface area contributed by atoms with Crippen LogP contribution in [0, 0.1) is 0 Å². The Morgan fingerprint density at radius 1 is 1.58 bits per heavy atom. The number of carboxylic acid groups (broad SMARTS) is 1. The topological polar surface area (TPSA) is 74.7 Å². The minimum atomic E-state index is -1.04. The Labute approximate surface area is 118 Å². The molecular formula is C12H14ClNO4S. The highest BCUT2D eigenvalue weighted by Gasteiger charge is 2.62. The van der Waals surface area contributed by atoms with E-state index in [1.165, 1.54) is 11.0 Å². The van der Waals surface area contributed by atoms with Gasteiger partial charge in [0, 0.05) is 4.75 Å². The summed E-state index contributed by atoms with van der Waals surface area (Å²) >= 11 is 5.41. The fourth-order valence-electron chi connectivity index (χ4n) is 2.52. The van der Waals surface area contributed by atoms with Crippen molar-refractivity contribution >= 4 is 45.6 Å². The number of amides is 1. The minimum Gasteiger partial charge on any atom is -0.480 e. The van der Waals surface area contributed by atoms with Gasteiger partial charge in [-0.2, -0.15) is 10.5 Å². The van der Waals surface area contributed by atoms with Gasteiger partial charge in [-0.15, -0.1) is 11.6 Å². The van der Waals surface area contributed by atoms with E-state index < -0.39 is 33.1 Å². The Morgan fingerprint density at radius 3 is 2.63 bits per heavy atom. The Balaban J connectivity index is 2.42. The number of rotatable bonds is 3. The maximum absolute atomic E-state index is 12.0. The Morgan fingerprint density at radius 2 is 2.16 bits per heavy atom. The van der Waals surface area contributed by atoms with Crippen molar-refractivity contribution in [1.82, 2.24) is 4.90 Å². The molecule has 1 N–H and O–H groups in total. The Bertz CT molecular complexity index is 540. The number of hydrogen-bond donors (Lipinski definition) is 1. The zero-order valence-electron chi connectivity index (χ0n) is 10.6. The van der Waals surface area contributed by atoms with Gasteiger partial charge in [0.15, 0.2) is 5.78 Å². The Hall–Kier alpha value is -1.14. The quantitative estimate of drug-likeness (QED) is 0.363. The number of β-lactam (4-membered cyclic amide) rings is 1. The van der Waals surface area contributed by atoms with Gasteiger partial charge in [0.05, 0.1) is 11.5 Å². The summed E-state index contributed by atoms with van der Waals surface area (Å²) in [5.41, 5.74) is 0.334. The lowest BCUT2D eigenvalue weighted by Crippen LogP contribution is -2.58. The molecule has 2 aliphatic heterocycles. The van der Waals surface area contributed by atoms with E-state index in [4.69, 9.17) is 11.6 Å². The maximum atomic E-state index is 12.0. The van der Waals surface area contributed by atoms with Gasteiger partial charge in [-0.05, 0) is 19.9 Å². The molecule has 2 saturated heterocycles. The first kappa shape index (κ1) is 14.3. The second-order valence-electron chi connectivity index (χ2n) is 5.04. The minimum absolute atomic E-state index is 0.194. The lowest BCUT2D eigenvalue weighted by atomic mass is 9.95. The van der Waals surface area contributed by atoms with Crippen molar-refractivity contribution in [1.29, 1.82) is 0 Å². The van der Waals surface area contributed by atoms with E-state index in [0.29, 0.717) is 5.57 Å². The summed E-state index contributed by atoms with van der Waals surface area (Å²) in [4.78, 5) is 36.0. The monoisotopic (exact) mass is 303 g/mol. The predicted octanol–water partition coefficient (Wildman–Crippen LogP) is 0.835. The van der Waals surface area contributed by atoms with Crippen LogP contribution >= 0.6 is 22.1 Å². The van der Waals surface area contributed by atoms with Crippen molar-refractivity contribution in [2.75, 3.05) is 5.88 Å². The number of hydrogen-bond acceptors (Lipinski definition) is 3. The second kappa shape index (κ2) is 4.45. The summed E-state index contributed by atoms with van der Waals surface area (Å²) < 4.78 is -0.619. The molecule has 1 amide bonds. The first-order chi connectivity index (χ1) is 8.73. The SMILES string of the molecule is C=S1[C@@H]2C(=CC(=O)CCl)C(=O)N2[C@@H](C(=O)O)C1(C)C. The highest BCUT2D eigenvalue weighted by atomic mass is 35.5. The van der Waals surface area contributed by atoms with Crippen molar-refractivity contribution < 1.29 is 19.5 Å². The molecule has 0 radical (unpaired) electrons. The van der Waals surface area contributed by atoms with Crippen LogP contribution in [0.3, 0.4) is 0 Å². The van der Waals surface area contributed by atoms with E-state index in [0.717, 1.165) is 0 Å². The number of carboxylic acids is 1. The van der Waals surface area contributed by atoms with Crippen LogP contribution in [0.25, 0.3) is 0 Å². The van der Waals surface area contributed by atoms with E-state index >= 15 is 0 Å². The van der Waals surface area contributed by atoms with Crippen molar-refractivity contribution in [2.45, 2.75) is 30.0 Å². The second-order valence-corrected chi connectivity index (χ2v) is 7.66. The van der Waals surface area contributed by atoms with Gasteiger partial charge in [0.25, 0.3) is 5.91 Å². The standard InChI is InChI=1S/C12H14ClNO4S/c1-12(2)8(11(17)18)14-9(16)7(4-6(15)5-13)10(14)19(12)3/h4,8,10H,3,5H2,1-2H3,(H,17,18)/t8-,10+,19?/m0/s1. The molecule has 5 nitrogen and oxygen atoms in total. The van der Waals surface area contributed by atoms with E-state index in [2.05, 4.69) is 5.87 Å². The third kappa shape index (κ3) is 1.85.